The van der Waals surface area contributed by atoms with E-state index < -0.39 is 22.0 Å². The van der Waals surface area contributed by atoms with Crippen molar-refractivity contribution in [1.82, 2.24) is 4.72 Å². The fraction of sp³-hybridized carbons (Fsp3) is 0.167. The van der Waals surface area contributed by atoms with Gasteiger partial charge < -0.3 is 5.11 Å². The summed E-state index contributed by atoms with van der Waals surface area (Å²) in [5.41, 5.74) is 0.115. The maximum absolute atomic E-state index is 12.0. The number of nitriles is 1. The molecule has 0 heterocycles. The van der Waals surface area contributed by atoms with Crippen LogP contribution in [0.4, 0.5) is 0 Å². The molecule has 0 amide bonds. The molecule has 8 heteroatoms. The number of aliphatic carboxylic acids is 1. The molecule has 0 aliphatic heterocycles. The molecule has 2 N–H and O–H groups in total. The van der Waals surface area contributed by atoms with E-state index in [0.29, 0.717) is 0 Å². The Labute approximate surface area is 121 Å². The maximum Gasteiger partial charge on any atom is 0.322 e. The Balaban J connectivity index is 3.12. The first-order chi connectivity index (χ1) is 9.31. The first-order valence-electron chi connectivity index (χ1n) is 5.20. The molecule has 0 saturated carbocycles. The Hall–Kier alpha value is -2.06. The molecule has 0 saturated heterocycles. The molecule has 1 atom stereocenters. The third kappa shape index (κ3) is 3.72. The average molecular weight is 313 g/mol. The SMILES string of the molecule is C#CCC(NS(=O)(=O)c1ccc(C#N)c(Cl)c1)C(=O)O. The summed E-state index contributed by atoms with van der Waals surface area (Å²) in [6.45, 7) is 0. The van der Waals surface area contributed by atoms with Crippen LogP contribution in [0.15, 0.2) is 23.1 Å². The molecular weight excluding hydrogens is 304 g/mol. The number of rotatable bonds is 5. The number of sulfonamides is 1. The molecule has 104 valence electrons. The lowest BCUT2D eigenvalue weighted by molar-refractivity contribution is -0.138. The van der Waals surface area contributed by atoms with Gasteiger partial charge >= 0.3 is 5.97 Å². The number of carboxylic acids is 1. The smallest absolute Gasteiger partial charge is 0.322 e. The number of nitrogens with zero attached hydrogens (tertiary/aromatic N) is 1. The monoisotopic (exact) mass is 312 g/mol. The molecule has 1 aromatic rings. The van der Waals surface area contributed by atoms with Crippen LogP contribution in [-0.2, 0) is 14.8 Å². The van der Waals surface area contributed by atoms with Gasteiger partial charge in [-0.2, -0.15) is 9.98 Å². The van der Waals surface area contributed by atoms with Crippen molar-refractivity contribution >= 4 is 27.6 Å². The Kier molecular flexibility index (Phi) is 5.12. The summed E-state index contributed by atoms with van der Waals surface area (Å²) in [6.07, 6.45) is 4.69. The van der Waals surface area contributed by atoms with E-state index in [9.17, 15) is 13.2 Å². The highest BCUT2D eigenvalue weighted by Crippen LogP contribution is 2.20. The van der Waals surface area contributed by atoms with Gasteiger partial charge in [0.15, 0.2) is 0 Å². The number of halogens is 1. The van der Waals surface area contributed by atoms with Crippen LogP contribution in [-0.4, -0.2) is 25.5 Å². The lowest BCUT2D eigenvalue weighted by Crippen LogP contribution is -2.40. The Morgan fingerprint density at radius 1 is 1.55 bits per heavy atom. The molecule has 0 radical (unpaired) electrons. The Bertz CT molecular complexity index is 716. The summed E-state index contributed by atoms with van der Waals surface area (Å²) in [7, 11) is -4.09. The zero-order chi connectivity index (χ0) is 15.3. The van der Waals surface area contributed by atoms with Crippen molar-refractivity contribution in [3.63, 3.8) is 0 Å². The Morgan fingerprint density at radius 3 is 2.65 bits per heavy atom. The number of carboxylic acid groups (broad SMARTS) is 1. The van der Waals surface area contributed by atoms with E-state index >= 15 is 0 Å². The van der Waals surface area contributed by atoms with E-state index in [0.717, 1.165) is 12.1 Å². The number of hydrogen-bond acceptors (Lipinski definition) is 4. The second-order valence-corrected chi connectivity index (χ2v) is 5.79. The highest BCUT2D eigenvalue weighted by Gasteiger charge is 2.25. The topological polar surface area (TPSA) is 107 Å². The predicted octanol–water partition coefficient (Wildman–Crippen LogP) is 0.966. The standard InChI is InChI=1S/C12H9ClN2O4S/c1-2-3-11(12(16)17)15-20(18,19)9-5-4-8(7-14)10(13)6-9/h1,4-6,11,15H,3H2,(H,16,17). The molecule has 1 rings (SSSR count). The Morgan fingerprint density at radius 2 is 2.20 bits per heavy atom. The van der Waals surface area contributed by atoms with Crippen LogP contribution in [0.2, 0.25) is 5.02 Å². The number of terminal acetylenes is 1. The molecule has 0 bridgehead atoms. The molecule has 1 aromatic carbocycles. The second kappa shape index (κ2) is 6.40. The van der Waals surface area contributed by atoms with Gasteiger partial charge in [-0.3, -0.25) is 4.79 Å². The van der Waals surface area contributed by atoms with Crippen LogP contribution in [0.25, 0.3) is 0 Å². The zero-order valence-electron chi connectivity index (χ0n) is 10.00. The molecule has 0 aliphatic rings. The third-order valence-electron chi connectivity index (χ3n) is 2.29. The number of benzene rings is 1. The van der Waals surface area contributed by atoms with Crippen molar-refractivity contribution in [1.29, 1.82) is 5.26 Å². The van der Waals surface area contributed by atoms with Crippen LogP contribution in [0.3, 0.4) is 0 Å². The van der Waals surface area contributed by atoms with Crippen LogP contribution in [0, 0.1) is 23.7 Å². The summed E-state index contributed by atoms with van der Waals surface area (Å²) < 4.78 is 25.9. The van der Waals surface area contributed by atoms with Gasteiger partial charge in [0.05, 0.1) is 15.5 Å². The molecule has 0 spiro atoms. The molecule has 0 aliphatic carbocycles. The van der Waals surface area contributed by atoms with Gasteiger partial charge in [-0.15, -0.1) is 12.3 Å². The summed E-state index contributed by atoms with van der Waals surface area (Å²) in [4.78, 5) is 10.6. The van der Waals surface area contributed by atoms with E-state index in [1.54, 1.807) is 6.07 Å². The minimum Gasteiger partial charge on any atom is -0.480 e. The minimum absolute atomic E-state index is 0.0424. The van der Waals surface area contributed by atoms with Gasteiger partial charge in [-0.1, -0.05) is 11.6 Å². The number of carbonyl (C=O) groups is 1. The molecule has 20 heavy (non-hydrogen) atoms. The van der Waals surface area contributed by atoms with Crippen molar-refractivity contribution < 1.29 is 18.3 Å². The number of hydrogen-bond donors (Lipinski definition) is 2. The first kappa shape index (κ1) is 16.0. The fourth-order valence-corrected chi connectivity index (χ4v) is 2.81. The fourth-order valence-electron chi connectivity index (χ4n) is 1.31. The van der Waals surface area contributed by atoms with Gasteiger partial charge in [-0.05, 0) is 18.2 Å². The molecule has 1 unspecified atom stereocenters. The van der Waals surface area contributed by atoms with E-state index in [4.69, 9.17) is 28.4 Å². The highest BCUT2D eigenvalue weighted by molar-refractivity contribution is 7.89. The van der Waals surface area contributed by atoms with Crippen LogP contribution < -0.4 is 4.72 Å². The first-order valence-corrected chi connectivity index (χ1v) is 7.06. The van der Waals surface area contributed by atoms with Crippen LogP contribution in [0.1, 0.15) is 12.0 Å². The third-order valence-corrected chi connectivity index (χ3v) is 4.07. The molecule has 0 fully saturated rings. The highest BCUT2D eigenvalue weighted by atomic mass is 35.5. The van der Waals surface area contributed by atoms with Gasteiger partial charge in [0.2, 0.25) is 10.0 Å². The van der Waals surface area contributed by atoms with Crippen molar-refractivity contribution in [3.05, 3.63) is 28.8 Å². The molecule has 6 nitrogen and oxygen atoms in total. The van der Waals surface area contributed by atoms with E-state index in [2.05, 4.69) is 5.92 Å². The lowest BCUT2D eigenvalue weighted by Gasteiger charge is -2.12. The summed E-state index contributed by atoms with van der Waals surface area (Å²) >= 11 is 5.73. The molecular formula is C12H9ClN2O4S. The maximum atomic E-state index is 12.0. The quantitative estimate of drug-likeness (QED) is 0.788. The summed E-state index contributed by atoms with van der Waals surface area (Å²) in [5, 5.41) is 17.5. The minimum atomic E-state index is -4.09. The van der Waals surface area contributed by atoms with Crippen molar-refractivity contribution in [2.75, 3.05) is 0 Å². The number of nitrogens with one attached hydrogen (secondary N) is 1. The summed E-state index contributed by atoms with van der Waals surface area (Å²) in [5.74, 6) is 0.693. The van der Waals surface area contributed by atoms with Gasteiger partial charge in [-0.25, -0.2) is 8.42 Å². The van der Waals surface area contributed by atoms with Crippen molar-refractivity contribution in [3.8, 4) is 18.4 Å². The normalized spacial score (nSPS) is 12.2. The van der Waals surface area contributed by atoms with Gasteiger partial charge in [0.25, 0.3) is 0 Å². The average Bonchev–Trinajstić information content (AvgIpc) is 2.37. The summed E-state index contributed by atoms with van der Waals surface area (Å²) in [6, 6.07) is 3.81. The van der Waals surface area contributed by atoms with Crippen LogP contribution >= 0.6 is 11.6 Å². The molecule has 0 aromatic heterocycles. The second-order valence-electron chi connectivity index (χ2n) is 3.67. The largest absolute Gasteiger partial charge is 0.480 e. The predicted molar refractivity (Wildman–Crippen MR) is 71.4 cm³/mol. The van der Waals surface area contributed by atoms with E-state index in [-0.39, 0.29) is 21.9 Å². The van der Waals surface area contributed by atoms with E-state index in [1.165, 1.54) is 6.07 Å². The van der Waals surface area contributed by atoms with Gasteiger partial charge in [0, 0.05) is 6.42 Å². The van der Waals surface area contributed by atoms with Gasteiger partial charge in [0.1, 0.15) is 12.1 Å². The lowest BCUT2D eigenvalue weighted by atomic mass is 10.2. The van der Waals surface area contributed by atoms with E-state index in [1.807, 2.05) is 4.72 Å². The zero-order valence-corrected chi connectivity index (χ0v) is 11.6. The van der Waals surface area contributed by atoms with Crippen LogP contribution in [0.5, 0.6) is 0 Å². The van der Waals surface area contributed by atoms with Crippen molar-refractivity contribution in [2.24, 2.45) is 0 Å². The van der Waals surface area contributed by atoms with Crippen molar-refractivity contribution in [2.45, 2.75) is 17.4 Å².